The molecule has 8 heteroatoms. The van der Waals surface area contributed by atoms with Crippen LogP contribution in [0.3, 0.4) is 0 Å². The van der Waals surface area contributed by atoms with Crippen LogP contribution in [0.4, 0.5) is 5.69 Å². The number of H-pyrrole nitrogens is 1. The number of ether oxygens (including phenoxy) is 1. The standard InChI is InChI=1S/C20H21BrN4O2S/c1-12-4-6-16(7-5-12)27-10-17-22-20(25-24-17)28-11-18(26)23-19-13(2)8-15(21)9-14(19)3/h4-9H,10-11H2,1-3H3,(H,23,26)(H,22,24,25). The predicted octanol–water partition coefficient (Wildman–Crippen LogP) is 4.80. The van der Waals surface area contributed by atoms with E-state index in [1.54, 1.807) is 0 Å². The molecule has 3 rings (SSSR count). The van der Waals surface area contributed by atoms with Gasteiger partial charge in [-0.05, 0) is 56.2 Å². The maximum absolute atomic E-state index is 12.3. The van der Waals surface area contributed by atoms with Crippen molar-refractivity contribution in [1.29, 1.82) is 0 Å². The van der Waals surface area contributed by atoms with Gasteiger partial charge >= 0.3 is 0 Å². The third-order valence-corrected chi connectivity index (χ3v) is 5.31. The van der Waals surface area contributed by atoms with E-state index in [0.717, 1.165) is 27.0 Å². The number of aryl methyl sites for hydroxylation is 3. The number of carbonyl (C=O) groups is 1. The molecule has 0 aliphatic heterocycles. The number of amides is 1. The number of anilines is 1. The van der Waals surface area contributed by atoms with Crippen molar-refractivity contribution in [2.24, 2.45) is 0 Å². The first-order valence-corrected chi connectivity index (χ1v) is 10.5. The summed E-state index contributed by atoms with van der Waals surface area (Å²) in [4.78, 5) is 16.6. The quantitative estimate of drug-likeness (QED) is 0.494. The second-order valence-electron chi connectivity index (χ2n) is 6.42. The highest BCUT2D eigenvalue weighted by Gasteiger charge is 2.11. The number of aromatic nitrogens is 3. The summed E-state index contributed by atoms with van der Waals surface area (Å²) in [6, 6.07) is 11.8. The minimum absolute atomic E-state index is 0.0965. The van der Waals surface area contributed by atoms with Gasteiger partial charge in [0.15, 0.2) is 5.82 Å². The molecule has 0 aliphatic carbocycles. The molecule has 0 saturated carbocycles. The zero-order valence-corrected chi connectivity index (χ0v) is 18.3. The Labute approximate surface area is 176 Å². The normalized spacial score (nSPS) is 10.7. The lowest BCUT2D eigenvalue weighted by Gasteiger charge is -2.11. The first-order chi connectivity index (χ1) is 13.4. The summed E-state index contributed by atoms with van der Waals surface area (Å²) >= 11 is 4.74. The minimum atomic E-state index is -0.0965. The van der Waals surface area contributed by atoms with Crippen molar-refractivity contribution < 1.29 is 9.53 Å². The molecule has 6 nitrogen and oxygen atoms in total. The van der Waals surface area contributed by atoms with Crippen LogP contribution in [0.1, 0.15) is 22.5 Å². The summed E-state index contributed by atoms with van der Waals surface area (Å²) in [5.74, 6) is 1.52. The molecule has 1 aromatic heterocycles. The third-order valence-electron chi connectivity index (χ3n) is 4.00. The summed E-state index contributed by atoms with van der Waals surface area (Å²) in [6.45, 7) is 6.26. The molecular weight excluding hydrogens is 440 g/mol. The van der Waals surface area contributed by atoms with Crippen molar-refractivity contribution in [2.75, 3.05) is 11.1 Å². The minimum Gasteiger partial charge on any atom is -0.486 e. The van der Waals surface area contributed by atoms with Crippen LogP contribution in [0.25, 0.3) is 0 Å². The van der Waals surface area contributed by atoms with E-state index < -0.39 is 0 Å². The summed E-state index contributed by atoms with van der Waals surface area (Å²) < 4.78 is 6.67. The maximum atomic E-state index is 12.3. The highest BCUT2D eigenvalue weighted by Crippen LogP contribution is 2.25. The van der Waals surface area contributed by atoms with Crippen molar-refractivity contribution in [3.05, 3.63) is 63.4 Å². The van der Waals surface area contributed by atoms with E-state index in [2.05, 4.69) is 36.4 Å². The fraction of sp³-hybridized carbons (Fsp3) is 0.250. The average molecular weight is 461 g/mol. The monoisotopic (exact) mass is 460 g/mol. The Morgan fingerprint density at radius 1 is 1.18 bits per heavy atom. The number of hydrogen-bond acceptors (Lipinski definition) is 5. The highest BCUT2D eigenvalue weighted by molar-refractivity contribution is 9.10. The molecule has 2 N–H and O–H groups in total. The van der Waals surface area contributed by atoms with Crippen LogP contribution in [-0.4, -0.2) is 26.8 Å². The molecule has 1 heterocycles. The Morgan fingerprint density at radius 3 is 2.54 bits per heavy atom. The fourth-order valence-corrected chi connectivity index (χ4v) is 3.91. The van der Waals surface area contributed by atoms with Crippen LogP contribution >= 0.6 is 27.7 Å². The summed E-state index contributed by atoms with van der Waals surface area (Å²) in [6.07, 6.45) is 0. The molecule has 0 fully saturated rings. The van der Waals surface area contributed by atoms with Gasteiger partial charge in [-0.25, -0.2) is 4.98 Å². The number of aromatic amines is 1. The van der Waals surface area contributed by atoms with E-state index in [9.17, 15) is 4.79 Å². The number of benzene rings is 2. The number of nitrogens with zero attached hydrogens (tertiary/aromatic N) is 2. The lowest BCUT2D eigenvalue weighted by atomic mass is 10.1. The first-order valence-electron chi connectivity index (χ1n) is 8.71. The van der Waals surface area contributed by atoms with Gasteiger partial charge < -0.3 is 10.1 Å². The van der Waals surface area contributed by atoms with Crippen LogP contribution in [0, 0.1) is 20.8 Å². The lowest BCUT2D eigenvalue weighted by Crippen LogP contribution is -2.16. The van der Waals surface area contributed by atoms with E-state index in [0.29, 0.717) is 17.6 Å². The predicted molar refractivity (Wildman–Crippen MR) is 115 cm³/mol. The zero-order chi connectivity index (χ0) is 20.1. The summed E-state index contributed by atoms with van der Waals surface area (Å²) in [7, 11) is 0. The van der Waals surface area contributed by atoms with Crippen molar-refractivity contribution in [2.45, 2.75) is 32.5 Å². The van der Waals surface area contributed by atoms with E-state index >= 15 is 0 Å². The summed E-state index contributed by atoms with van der Waals surface area (Å²) in [5, 5.41) is 10.4. The van der Waals surface area contributed by atoms with Gasteiger partial charge in [0.25, 0.3) is 0 Å². The molecule has 2 aromatic carbocycles. The smallest absolute Gasteiger partial charge is 0.234 e. The number of carbonyl (C=O) groups excluding carboxylic acids is 1. The number of nitrogens with one attached hydrogen (secondary N) is 2. The molecule has 146 valence electrons. The van der Waals surface area contributed by atoms with Crippen LogP contribution in [0.5, 0.6) is 5.75 Å². The van der Waals surface area contributed by atoms with Gasteiger partial charge in [0.05, 0.1) is 5.75 Å². The number of halogens is 1. The average Bonchev–Trinajstić information content (AvgIpc) is 3.10. The molecule has 0 bridgehead atoms. The Kier molecular flexibility index (Phi) is 6.74. The zero-order valence-electron chi connectivity index (χ0n) is 15.9. The summed E-state index contributed by atoms with van der Waals surface area (Å²) in [5.41, 5.74) is 4.05. The molecule has 0 aliphatic rings. The van der Waals surface area contributed by atoms with Gasteiger partial charge in [-0.15, -0.1) is 5.10 Å². The van der Waals surface area contributed by atoms with Crippen LogP contribution in [-0.2, 0) is 11.4 Å². The van der Waals surface area contributed by atoms with Gasteiger partial charge in [0.2, 0.25) is 11.1 Å². The Balaban J connectivity index is 1.50. The van der Waals surface area contributed by atoms with E-state index in [-0.39, 0.29) is 11.7 Å². The molecule has 0 unspecified atom stereocenters. The largest absolute Gasteiger partial charge is 0.486 e. The molecule has 0 spiro atoms. The van der Waals surface area contributed by atoms with Gasteiger partial charge in [0.1, 0.15) is 12.4 Å². The number of hydrogen-bond donors (Lipinski definition) is 2. The Bertz CT molecular complexity index is 950. The van der Waals surface area contributed by atoms with Gasteiger partial charge in [0, 0.05) is 10.2 Å². The van der Waals surface area contributed by atoms with Gasteiger partial charge in [-0.3, -0.25) is 9.89 Å². The van der Waals surface area contributed by atoms with Gasteiger partial charge in [-0.2, -0.15) is 0 Å². The van der Waals surface area contributed by atoms with Crippen LogP contribution < -0.4 is 10.1 Å². The van der Waals surface area contributed by atoms with E-state index in [1.807, 2.05) is 57.2 Å². The highest BCUT2D eigenvalue weighted by atomic mass is 79.9. The van der Waals surface area contributed by atoms with Crippen molar-refractivity contribution in [3.63, 3.8) is 0 Å². The molecule has 3 aromatic rings. The topological polar surface area (TPSA) is 79.9 Å². The molecule has 1 amide bonds. The molecule has 28 heavy (non-hydrogen) atoms. The fourth-order valence-electron chi connectivity index (χ4n) is 2.61. The second kappa shape index (κ2) is 9.25. The SMILES string of the molecule is Cc1ccc(OCc2nc(SCC(=O)Nc3c(C)cc(Br)cc3C)n[nH]2)cc1. The van der Waals surface area contributed by atoms with Crippen LogP contribution in [0.15, 0.2) is 46.0 Å². The molecule has 0 saturated heterocycles. The van der Waals surface area contributed by atoms with Crippen LogP contribution in [0.2, 0.25) is 0 Å². The van der Waals surface area contributed by atoms with E-state index in [4.69, 9.17) is 4.74 Å². The molecule has 0 atom stereocenters. The second-order valence-corrected chi connectivity index (χ2v) is 8.28. The van der Waals surface area contributed by atoms with E-state index in [1.165, 1.54) is 17.3 Å². The van der Waals surface area contributed by atoms with Crippen molar-refractivity contribution in [3.8, 4) is 5.75 Å². The third kappa shape index (κ3) is 5.59. The molecular formula is C20H21BrN4O2S. The molecule has 0 radical (unpaired) electrons. The van der Waals surface area contributed by atoms with Crippen molar-refractivity contribution in [1.82, 2.24) is 15.2 Å². The van der Waals surface area contributed by atoms with Crippen molar-refractivity contribution >= 4 is 39.3 Å². The number of thioether (sulfide) groups is 1. The number of rotatable bonds is 7. The lowest BCUT2D eigenvalue weighted by molar-refractivity contribution is -0.113. The van der Waals surface area contributed by atoms with Gasteiger partial charge in [-0.1, -0.05) is 45.4 Å². The Hall–Kier alpha value is -2.32. The maximum Gasteiger partial charge on any atom is 0.234 e. The Morgan fingerprint density at radius 2 is 1.86 bits per heavy atom. The first kappa shape index (κ1) is 20.4.